The van der Waals surface area contributed by atoms with Crippen molar-refractivity contribution >= 4 is 41.0 Å². The normalized spacial score (nSPS) is 21.0. The van der Waals surface area contributed by atoms with Gasteiger partial charge in [0.05, 0.1) is 16.3 Å². The number of amides is 4. The monoisotopic (exact) mass is 733 g/mol. The molecule has 11 nitrogen and oxygen atoms in total. The van der Waals surface area contributed by atoms with Crippen LogP contribution in [0.25, 0.3) is 0 Å². The minimum atomic E-state index is -4.76. The minimum Gasteiger partial charge on any atom is -0.436 e. The third-order valence-corrected chi connectivity index (χ3v) is 11.1. The molecule has 4 amide bonds. The van der Waals surface area contributed by atoms with E-state index in [0.717, 1.165) is 56.2 Å². The highest BCUT2D eigenvalue weighted by atomic mass is 35.5. The summed E-state index contributed by atoms with van der Waals surface area (Å²) in [6.07, 6.45) is -2.59. The number of halogens is 4. The lowest BCUT2D eigenvalue weighted by Crippen LogP contribution is -2.51. The first kappa shape index (κ1) is 37.0. The summed E-state index contributed by atoms with van der Waals surface area (Å²) in [4.78, 5) is 50.6. The summed E-state index contributed by atoms with van der Waals surface area (Å²) >= 11 is 6.13. The number of hydrogen-bond acceptors (Lipinski definition) is 7. The molecule has 0 radical (unpaired) electrons. The summed E-state index contributed by atoms with van der Waals surface area (Å²) in [5.74, 6) is -0.453. The van der Waals surface area contributed by atoms with Crippen molar-refractivity contribution in [2.45, 2.75) is 69.3 Å². The Morgan fingerprint density at radius 2 is 1.65 bits per heavy atom. The smallest absolute Gasteiger partial charge is 0.418 e. The van der Waals surface area contributed by atoms with Crippen molar-refractivity contribution in [3.8, 4) is 0 Å². The summed E-state index contributed by atoms with van der Waals surface area (Å²) in [5, 5.41) is 2.70. The van der Waals surface area contributed by atoms with Crippen molar-refractivity contribution in [3.63, 3.8) is 0 Å². The SMILES string of the molecule is CN1CCC(N2CCCN(C(=O)C(Cc3cc(Cl)c(N)c(C(F)(F)F)c3)OC(=O)N3CCC(N4CCc5ccccc5NC4=O)CC3)CC2)CC1. The number of carbonyl (C=O) groups is 3. The van der Waals surface area contributed by atoms with Crippen molar-refractivity contribution in [1.82, 2.24) is 24.5 Å². The number of nitrogens with two attached hydrogens (primary N) is 1. The number of nitrogen functional groups attached to an aromatic ring is 1. The maximum Gasteiger partial charge on any atom is 0.418 e. The lowest BCUT2D eigenvalue weighted by molar-refractivity contribution is -0.140. The summed E-state index contributed by atoms with van der Waals surface area (Å²) in [5.41, 5.74) is 5.92. The molecule has 0 bridgehead atoms. The Morgan fingerprint density at radius 1 is 0.941 bits per heavy atom. The number of piperidine rings is 2. The number of likely N-dealkylation sites (tertiary alicyclic amines) is 2. The number of hydrogen-bond donors (Lipinski definition) is 2. The largest absolute Gasteiger partial charge is 0.436 e. The zero-order chi connectivity index (χ0) is 36.3. The van der Waals surface area contributed by atoms with Crippen LogP contribution in [-0.2, 0) is 28.5 Å². The molecule has 0 aliphatic carbocycles. The van der Waals surface area contributed by atoms with Crippen LogP contribution < -0.4 is 11.1 Å². The molecule has 3 N–H and O–H groups in total. The molecule has 0 aromatic heterocycles. The highest BCUT2D eigenvalue weighted by Crippen LogP contribution is 2.38. The van der Waals surface area contributed by atoms with Crippen LogP contribution in [0.3, 0.4) is 0 Å². The van der Waals surface area contributed by atoms with Crippen LogP contribution in [0, 0.1) is 0 Å². The van der Waals surface area contributed by atoms with Gasteiger partial charge in [0.1, 0.15) is 0 Å². The summed E-state index contributed by atoms with van der Waals surface area (Å²) < 4.78 is 47.4. The van der Waals surface area contributed by atoms with E-state index in [1.54, 1.807) is 4.90 Å². The molecule has 15 heteroatoms. The van der Waals surface area contributed by atoms with Crippen molar-refractivity contribution in [2.75, 3.05) is 77.0 Å². The Morgan fingerprint density at radius 3 is 2.37 bits per heavy atom. The van der Waals surface area contributed by atoms with Crippen molar-refractivity contribution in [1.29, 1.82) is 0 Å². The number of nitrogens with one attached hydrogen (secondary N) is 1. The number of alkyl halides is 3. The van der Waals surface area contributed by atoms with E-state index in [4.69, 9.17) is 22.1 Å². The molecule has 3 saturated heterocycles. The molecule has 2 aromatic carbocycles. The molecule has 1 unspecified atom stereocenters. The number of rotatable bonds is 6. The van der Waals surface area contributed by atoms with Gasteiger partial charge in [-0.15, -0.1) is 0 Å². The van der Waals surface area contributed by atoms with E-state index in [-0.39, 0.29) is 29.1 Å². The molecule has 4 heterocycles. The molecule has 0 spiro atoms. The first-order valence-electron chi connectivity index (χ1n) is 17.8. The number of nitrogens with zero attached hydrogens (tertiary/aromatic N) is 5. The van der Waals surface area contributed by atoms with Gasteiger partial charge in [-0.1, -0.05) is 29.8 Å². The van der Waals surface area contributed by atoms with Gasteiger partial charge < -0.3 is 35.4 Å². The second-order valence-electron chi connectivity index (χ2n) is 14.1. The number of para-hydroxylation sites is 1. The van der Waals surface area contributed by atoms with Crippen LogP contribution in [0.1, 0.15) is 48.8 Å². The first-order valence-corrected chi connectivity index (χ1v) is 18.2. The minimum absolute atomic E-state index is 0.0855. The Kier molecular flexibility index (Phi) is 11.5. The maximum absolute atomic E-state index is 14.1. The molecular formula is C36H47ClF3N7O4. The second-order valence-corrected chi connectivity index (χ2v) is 14.5. The van der Waals surface area contributed by atoms with Gasteiger partial charge in [0.15, 0.2) is 6.10 Å². The standard InChI is InChI=1S/C36H47ClF3N7O4/c1-43-14-8-26(9-15-43)44-12-4-13-45(20-19-44)33(48)31(23-24-21-28(36(38,39)40)32(41)29(37)22-24)51-35(50)46-16-10-27(11-17-46)47-18-7-25-5-2-3-6-30(25)42-34(47)49/h2-3,5-6,21-22,26-27,31H,4,7-20,23,41H2,1H3,(H,42,49). The third-order valence-electron chi connectivity index (χ3n) is 10.8. The zero-order valence-corrected chi connectivity index (χ0v) is 29.7. The van der Waals surface area contributed by atoms with Gasteiger partial charge in [0.25, 0.3) is 5.91 Å². The average molecular weight is 734 g/mol. The number of urea groups is 1. The van der Waals surface area contributed by atoms with Gasteiger partial charge in [-0.2, -0.15) is 13.2 Å². The average Bonchev–Trinajstić information content (AvgIpc) is 3.45. The van der Waals surface area contributed by atoms with Crippen LogP contribution in [0.4, 0.5) is 34.1 Å². The van der Waals surface area contributed by atoms with E-state index < -0.39 is 35.5 Å². The van der Waals surface area contributed by atoms with Crippen molar-refractivity contribution in [3.05, 3.63) is 58.1 Å². The summed E-state index contributed by atoms with van der Waals surface area (Å²) in [7, 11) is 2.11. The van der Waals surface area contributed by atoms with E-state index in [1.807, 2.05) is 29.2 Å². The van der Waals surface area contributed by atoms with Gasteiger partial charge >= 0.3 is 18.3 Å². The fourth-order valence-corrected chi connectivity index (χ4v) is 8.04. The number of anilines is 2. The van der Waals surface area contributed by atoms with E-state index in [1.165, 1.54) is 11.0 Å². The van der Waals surface area contributed by atoms with Gasteiger partial charge in [0.2, 0.25) is 0 Å². The van der Waals surface area contributed by atoms with Crippen LogP contribution in [-0.4, -0.2) is 127 Å². The summed E-state index contributed by atoms with van der Waals surface area (Å²) in [6.45, 7) is 5.53. The fraction of sp³-hybridized carbons (Fsp3) is 0.583. The molecule has 3 fully saturated rings. The third kappa shape index (κ3) is 8.83. The number of carbonyl (C=O) groups excluding carboxylic acids is 3. The Labute approximate surface area is 301 Å². The Bertz CT molecular complexity index is 1580. The topological polar surface area (TPSA) is 115 Å². The molecule has 4 aliphatic heterocycles. The molecule has 2 aromatic rings. The predicted molar refractivity (Wildman–Crippen MR) is 189 cm³/mol. The zero-order valence-electron chi connectivity index (χ0n) is 29.0. The Balaban J connectivity index is 1.13. The lowest BCUT2D eigenvalue weighted by Gasteiger charge is -2.38. The molecule has 6 rings (SSSR count). The fourth-order valence-electron chi connectivity index (χ4n) is 7.80. The van der Waals surface area contributed by atoms with Gasteiger partial charge in [-0.3, -0.25) is 9.69 Å². The van der Waals surface area contributed by atoms with Crippen LogP contribution >= 0.6 is 11.6 Å². The van der Waals surface area contributed by atoms with Crippen LogP contribution in [0.5, 0.6) is 0 Å². The van der Waals surface area contributed by atoms with E-state index in [2.05, 4.69) is 22.2 Å². The molecule has 278 valence electrons. The van der Waals surface area contributed by atoms with Gasteiger partial charge in [-0.05, 0) is 88.0 Å². The highest BCUT2D eigenvalue weighted by Gasteiger charge is 2.38. The molecule has 4 aliphatic rings. The van der Waals surface area contributed by atoms with Crippen molar-refractivity contribution < 1.29 is 32.3 Å². The molecule has 51 heavy (non-hydrogen) atoms. The van der Waals surface area contributed by atoms with E-state index >= 15 is 0 Å². The number of benzene rings is 2. The first-order chi connectivity index (χ1) is 24.4. The molecule has 0 saturated carbocycles. The van der Waals surface area contributed by atoms with Crippen LogP contribution in [0.15, 0.2) is 36.4 Å². The van der Waals surface area contributed by atoms with Crippen LogP contribution in [0.2, 0.25) is 5.02 Å². The molecule has 1 atom stereocenters. The van der Waals surface area contributed by atoms with Gasteiger partial charge in [-0.25, -0.2) is 9.59 Å². The number of ether oxygens (including phenoxy) is 1. The quantitative estimate of drug-likeness (QED) is 0.394. The molecular weight excluding hydrogens is 687 g/mol. The van der Waals surface area contributed by atoms with E-state index in [0.29, 0.717) is 64.6 Å². The highest BCUT2D eigenvalue weighted by molar-refractivity contribution is 6.33. The predicted octanol–water partition coefficient (Wildman–Crippen LogP) is 5.17. The maximum atomic E-state index is 14.1. The van der Waals surface area contributed by atoms with E-state index in [9.17, 15) is 27.6 Å². The van der Waals surface area contributed by atoms with Gasteiger partial charge in [0, 0.05) is 70.0 Å². The lowest BCUT2D eigenvalue weighted by atomic mass is 10.0. The number of fused-ring (bicyclic) bond motifs is 1. The van der Waals surface area contributed by atoms with Crippen molar-refractivity contribution in [2.24, 2.45) is 0 Å². The Hall–Kier alpha value is -3.75. The summed E-state index contributed by atoms with van der Waals surface area (Å²) in [6, 6.07) is 10.0. The second kappa shape index (κ2) is 15.9.